The number of phosphoric acid groups is 1. The van der Waals surface area contributed by atoms with E-state index in [1.54, 1.807) is 6.08 Å². The second-order valence-electron chi connectivity index (χ2n) is 17.1. The fourth-order valence-electron chi connectivity index (χ4n) is 6.59. The van der Waals surface area contributed by atoms with Crippen molar-refractivity contribution < 1.29 is 32.9 Å². The largest absolute Gasteiger partial charge is 0.756 e. The Bertz CT molecular complexity index is 1010. The van der Waals surface area contributed by atoms with E-state index in [9.17, 15) is 19.4 Å². The standard InChI is InChI=1S/C47H91N2O6P/c1-6-8-10-12-14-16-18-20-22-23-24-25-27-29-31-33-35-37-39-41-47(51)48-45(44-55-56(52,53)54-43-42-49(3,4)5)46(50)40-38-36-34-32-30-28-26-21-19-17-15-13-11-9-7-2/h14,16,20,22,38,40,45-46,50H,6-13,15,17-19,21,23-37,39,41-44H2,1-5H3,(H-,48,51,52,53)/b16-14-,22-20-,40-38+. The van der Waals surface area contributed by atoms with Crippen LogP contribution in [0, 0.1) is 0 Å². The summed E-state index contributed by atoms with van der Waals surface area (Å²) in [6, 6.07) is -0.887. The third-order valence-corrected chi connectivity index (χ3v) is 11.3. The number of aliphatic hydroxyl groups excluding tert-OH is 1. The zero-order valence-electron chi connectivity index (χ0n) is 37.3. The van der Waals surface area contributed by atoms with E-state index in [1.807, 2.05) is 27.2 Å². The second-order valence-corrected chi connectivity index (χ2v) is 18.5. The summed E-state index contributed by atoms with van der Waals surface area (Å²) in [6.45, 7) is 4.62. The number of quaternary nitrogens is 1. The Morgan fingerprint density at radius 1 is 0.625 bits per heavy atom. The number of carbonyl (C=O) groups is 1. The van der Waals surface area contributed by atoms with Crippen LogP contribution in [0.4, 0.5) is 0 Å². The van der Waals surface area contributed by atoms with E-state index in [1.165, 1.54) is 141 Å². The molecule has 0 aliphatic carbocycles. The van der Waals surface area contributed by atoms with Crippen LogP contribution < -0.4 is 10.2 Å². The molecule has 0 saturated heterocycles. The van der Waals surface area contributed by atoms with Gasteiger partial charge in [0.2, 0.25) is 5.91 Å². The predicted octanol–water partition coefficient (Wildman–Crippen LogP) is 12.5. The third kappa shape index (κ3) is 40.9. The van der Waals surface area contributed by atoms with Gasteiger partial charge in [0.1, 0.15) is 13.2 Å². The van der Waals surface area contributed by atoms with Crippen LogP contribution in [0.3, 0.4) is 0 Å². The number of carbonyl (C=O) groups excluding carboxylic acids is 1. The van der Waals surface area contributed by atoms with Crippen LogP contribution in [0.25, 0.3) is 0 Å². The minimum Gasteiger partial charge on any atom is -0.756 e. The summed E-state index contributed by atoms with van der Waals surface area (Å²) in [5, 5.41) is 13.8. The molecule has 3 unspecified atom stereocenters. The number of rotatable bonds is 42. The molecule has 56 heavy (non-hydrogen) atoms. The lowest BCUT2D eigenvalue weighted by molar-refractivity contribution is -0.870. The van der Waals surface area contributed by atoms with Crippen molar-refractivity contribution in [3.8, 4) is 0 Å². The molecule has 0 spiro atoms. The van der Waals surface area contributed by atoms with Crippen molar-refractivity contribution >= 4 is 13.7 Å². The smallest absolute Gasteiger partial charge is 0.268 e. The Morgan fingerprint density at radius 2 is 1.04 bits per heavy atom. The van der Waals surface area contributed by atoms with E-state index < -0.39 is 20.0 Å². The van der Waals surface area contributed by atoms with Gasteiger partial charge in [0, 0.05) is 6.42 Å². The molecule has 0 rings (SSSR count). The van der Waals surface area contributed by atoms with Crippen molar-refractivity contribution in [2.24, 2.45) is 0 Å². The van der Waals surface area contributed by atoms with Crippen molar-refractivity contribution in [1.29, 1.82) is 0 Å². The number of phosphoric ester groups is 1. The van der Waals surface area contributed by atoms with Crippen LogP contribution in [-0.4, -0.2) is 68.5 Å². The normalized spacial score (nSPS) is 14.6. The number of unbranched alkanes of at least 4 members (excludes halogenated alkanes) is 25. The summed E-state index contributed by atoms with van der Waals surface area (Å²) >= 11 is 0. The lowest BCUT2D eigenvalue weighted by atomic mass is 10.0. The summed E-state index contributed by atoms with van der Waals surface area (Å²) in [5.41, 5.74) is 0. The first-order valence-corrected chi connectivity index (χ1v) is 24.8. The average Bonchev–Trinajstić information content (AvgIpc) is 3.15. The number of likely N-dealkylation sites (N-methyl/N-ethyl adjacent to an activating group) is 1. The second kappa shape index (κ2) is 39.2. The van der Waals surface area contributed by atoms with Gasteiger partial charge in [-0.3, -0.25) is 9.36 Å². The highest BCUT2D eigenvalue weighted by molar-refractivity contribution is 7.45. The first-order chi connectivity index (χ1) is 27.0. The lowest BCUT2D eigenvalue weighted by Gasteiger charge is -2.29. The topological polar surface area (TPSA) is 108 Å². The first-order valence-electron chi connectivity index (χ1n) is 23.4. The number of nitrogens with one attached hydrogen (secondary N) is 1. The number of hydrogen-bond acceptors (Lipinski definition) is 6. The highest BCUT2D eigenvalue weighted by Gasteiger charge is 2.23. The van der Waals surface area contributed by atoms with Crippen LogP contribution in [0.2, 0.25) is 0 Å². The quantitative estimate of drug-likeness (QED) is 0.0275. The van der Waals surface area contributed by atoms with Crippen LogP contribution in [0.15, 0.2) is 36.5 Å². The molecule has 0 aliphatic rings. The monoisotopic (exact) mass is 811 g/mol. The maximum Gasteiger partial charge on any atom is 0.268 e. The number of allylic oxidation sites excluding steroid dienone is 5. The molecular formula is C47H91N2O6P. The fourth-order valence-corrected chi connectivity index (χ4v) is 7.32. The summed E-state index contributed by atoms with van der Waals surface area (Å²) in [7, 11) is 1.26. The van der Waals surface area contributed by atoms with E-state index in [4.69, 9.17) is 9.05 Å². The molecule has 2 N–H and O–H groups in total. The molecule has 0 aliphatic heterocycles. The molecule has 0 bridgehead atoms. The SMILES string of the molecule is CCCCC/C=C\C/C=C\CCCCCCCCCCCC(=O)NC(COP(=O)([O-])OCC[N+](C)(C)C)C(O)/C=C/CCCCCCCCCCCCCCC. The third-order valence-electron chi connectivity index (χ3n) is 10.3. The van der Waals surface area contributed by atoms with Gasteiger partial charge in [-0.25, -0.2) is 0 Å². The van der Waals surface area contributed by atoms with E-state index in [-0.39, 0.29) is 19.1 Å². The molecule has 0 aromatic heterocycles. The van der Waals surface area contributed by atoms with Crippen molar-refractivity contribution in [3.05, 3.63) is 36.5 Å². The Morgan fingerprint density at radius 3 is 1.52 bits per heavy atom. The summed E-state index contributed by atoms with van der Waals surface area (Å²) in [6.07, 6.45) is 47.5. The molecule has 3 atom stereocenters. The van der Waals surface area contributed by atoms with Crippen molar-refractivity contribution in [2.45, 2.75) is 219 Å². The highest BCUT2D eigenvalue weighted by atomic mass is 31.2. The van der Waals surface area contributed by atoms with Gasteiger partial charge in [0.05, 0.1) is 39.9 Å². The number of amides is 1. The van der Waals surface area contributed by atoms with Gasteiger partial charge in [0.15, 0.2) is 0 Å². The average molecular weight is 811 g/mol. The predicted molar refractivity (Wildman–Crippen MR) is 238 cm³/mol. The summed E-state index contributed by atoms with van der Waals surface area (Å²) < 4.78 is 23.2. The van der Waals surface area contributed by atoms with E-state index >= 15 is 0 Å². The summed E-state index contributed by atoms with van der Waals surface area (Å²) in [4.78, 5) is 25.3. The van der Waals surface area contributed by atoms with E-state index in [2.05, 4.69) is 43.5 Å². The van der Waals surface area contributed by atoms with Crippen molar-refractivity contribution in [3.63, 3.8) is 0 Å². The maximum atomic E-state index is 12.9. The fraction of sp³-hybridized carbons (Fsp3) is 0.851. The first kappa shape index (κ1) is 54.7. The van der Waals surface area contributed by atoms with Gasteiger partial charge >= 0.3 is 0 Å². The van der Waals surface area contributed by atoms with Gasteiger partial charge in [0.25, 0.3) is 7.82 Å². The molecule has 9 heteroatoms. The minimum absolute atomic E-state index is 0.00193. The van der Waals surface area contributed by atoms with Gasteiger partial charge in [-0.2, -0.15) is 0 Å². The zero-order chi connectivity index (χ0) is 41.4. The number of hydrogen-bond donors (Lipinski definition) is 2. The van der Waals surface area contributed by atoms with Crippen LogP contribution in [0.1, 0.15) is 206 Å². The van der Waals surface area contributed by atoms with Crippen molar-refractivity contribution in [1.82, 2.24) is 5.32 Å². The lowest BCUT2D eigenvalue weighted by Crippen LogP contribution is -2.45. The summed E-state index contributed by atoms with van der Waals surface area (Å²) in [5.74, 6) is -0.203. The van der Waals surface area contributed by atoms with Gasteiger partial charge in [-0.1, -0.05) is 185 Å². The van der Waals surface area contributed by atoms with Gasteiger partial charge in [-0.15, -0.1) is 0 Å². The number of nitrogens with zero attached hydrogens (tertiary/aromatic N) is 1. The molecule has 8 nitrogen and oxygen atoms in total. The van der Waals surface area contributed by atoms with Gasteiger partial charge < -0.3 is 28.8 Å². The van der Waals surface area contributed by atoms with E-state index in [0.717, 1.165) is 44.9 Å². The van der Waals surface area contributed by atoms with Gasteiger partial charge in [-0.05, 0) is 51.4 Å². The Labute approximate surface area is 347 Å². The molecule has 1 amide bonds. The molecular weight excluding hydrogens is 719 g/mol. The minimum atomic E-state index is -4.59. The number of aliphatic hydroxyl groups is 1. The van der Waals surface area contributed by atoms with E-state index in [0.29, 0.717) is 17.4 Å². The molecule has 0 radical (unpaired) electrons. The maximum absolute atomic E-state index is 12.9. The van der Waals surface area contributed by atoms with Crippen LogP contribution >= 0.6 is 7.82 Å². The molecule has 0 fully saturated rings. The molecule has 0 heterocycles. The Balaban J connectivity index is 4.38. The van der Waals surface area contributed by atoms with Crippen molar-refractivity contribution in [2.75, 3.05) is 40.9 Å². The Kier molecular flexibility index (Phi) is 38.3. The molecule has 0 saturated carbocycles. The molecule has 0 aromatic carbocycles. The van der Waals surface area contributed by atoms with Crippen LogP contribution in [0.5, 0.6) is 0 Å². The Hall–Kier alpha value is -1.28. The molecule has 330 valence electrons. The highest BCUT2D eigenvalue weighted by Crippen LogP contribution is 2.38. The molecule has 0 aromatic rings. The zero-order valence-corrected chi connectivity index (χ0v) is 38.2. The van der Waals surface area contributed by atoms with Crippen LogP contribution in [-0.2, 0) is 18.4 Å².